The van der Waals surface area contributed by atoms with Gasteiger partial charge in [-0.3, -0.25) is 0 Å². The lowest BCUT2D eigenvalue weighted by Gasteiger charge is -2.13. The Hall–Kier alpha value is -1.03. The molecule has 0 spiro atoms. The van der Waals surface area contributed by atoms with Crippen LogP contribution < -0.4 is 10.5 Å². The fraction of sp³-hybridized carbons (Fsp3) is 0.200. The summed E-state index contributed by atoms with van der Waals surface area (Å²) in [6.07, 6.45) is 0. The maximum atomic E-state index is 5.98. The number of benzene rings is 2. The van der Waals surface area contributed by atoms with Gasteiger partial charge in [-0.1, -0.05) is 23.7 Å². The van der Waals surface area contributed by atoms with E-state index in [1.807, 2.05) is 50.2 Å². The van der Waals surface area contributed by atoms with E-state index >= 15 is 0 Å². The fourth-order valence-electron chi connectivity index (χ4n) is 1.69. The zero-order chi connectivity index (χ0) is 14.0. The number of aryl methyl sites for hydroxylation is 1. The Balaban J connectivity index is 2.31. The maximum absolute atomic E-state index is 5.98. The topological polar surface area (TPSA) is 35.2 Å². The Morgan fingerprint density at radius 1 is 1.16 bits per heavy atom. The first-order valence-electron chi connectivity index (χ1n) is 5.96. The van der Waals surface area contributed by atoms with Crippen LogP contribution in [-0.2, 0) is 0 Å². The molecule has 0 aromatic heterocycles. The summed E-state index contributed by atoms with van der Waals surface area (Å²) < 4.78 is 6.76. The molecule has 2 N–H and O–H groups in total. The highest BCUT2D eigenvalue weighted by molar-refractivity contribution is 9.10. The van der Waals surface area contributed by atoms with E-state index in [2.05, 4.69) is 15.9 Å². The molecule has 4 heteroatoms. The quantitative estimate of drug-likeness (QED) is 0.831. The summed E-state index contributed by atoms with van der Waals surface area (Å²) in [6, 6.07) is 11.4. The van der Waals surface area contributed by atoms with E-state index in [0.717, 1.165) is 27.1 Å². The first kappa shape index (κ1) is 14.4. The molecular formula is C15H15BrClNO. The van der Waals surface area contributed by atoms with Crippen molar-refractivity contribution < 1.29 is 4.74 Å². The van der Waals surface area contributed by atoms with Crippen LogP contribution >= 0.6 is 27.5 Å². The lowest BCUT2D eigenvalue weighted by Crippen LogP contribution is -2.04. The molecule has 0 bridgehead atoms. The Morgan fingerprint density at radius 2 is 1.89 bits per heavy atom. The van der Waals surface area contributed by atoms with Gasteiger partial charge in [0.05, 0.1) is 4.47 Å². The van der Waals surface area contributed by atoms with Crippen molar-refractivity contribution in [3.63, 3.8) is 0 Å². The lowest BCUT2D eigenvalue weighted by molar-refractivity contribution is 0.475. The Kier molecular flexibility index (Phi) is 4.50. The van der Waals surface area contributed by atoms with Crippen molar-refractivity contribution in [2.24, 2.45) is 5.73 Å². The van der Waals surface area contributed by atoms with Crippen LogP contribution in [0.2, 0.25) is 5.02 Å². The monoisotopic (exact) mass is 339 g/mol. The molecular weight excluding hydrogens is 326 g/mol. The summed E-state index contributed by atoms with van der Waals surface area (Å²) in [7, 11) is 0. The van der Waals surface area contributed by atoms with Crippen LogP contribution in [0.25, 0.3) is 0 Å². The molecule has 0 aliphatic heterocycles. The van der Waals surface area contributed by atoms with Gasteiger partial charge in [0.1, 0.15) is 11.5 Å². The summed E-state index contributed by atoms with van der Waals surface area (Å²) in [5, 5.41) is 0.656. The summed E-state index contributed by atoms with van der Waals surface area (Å²) in [5.41, 5.74) is 7.94. The van der Waals surface area contributed by atoms with Crippen molar-refractivity contribution in [3.05, 3.63) is 57.0 Å². The molecule has 0 heterocycles. The van der Waals surface area contributed by atoms with Gasteiger partial charge in [0.25, 0.3) is 0 Å². The Labute approximate surface area is 126 Å². The summed E-state index contributed by atoms with van der Waals surface area (Å²) in [4.78, 5) is 0. The van der Waals surface area contributed by atoms with Gasteiger partial charge in [-0.25, -0.2) is 0 Å². The minimum absolute atomic E-state index is 0.00161. The SMILES string of the molecule is Cc1ccc(Cl)cc1Oc1ccc([C@@H](C)N)cc1Br. The number of hydrogen-bond donors (Lipinski definition) is 1. The smallest absolute Gasteiger partial charge is 0.141 e. The first-order chi connectivity index (χ1) is 8.97. The van der Waals surface area contributed by atoms with E-state index in [-0.39, 0.29) is 6.04 Å². The largest absolute Gasteiger partial charge is 0.456 e. The van der Waals surface area contributed by atoms with Crippen LogP contribution in [0.1, 0.15) is 24.1 Å². The van der Waals surface area contributed by atoms with Gasteiger partial charge >= 0.3 is 0 Å². The van der Waals surface area contributed by atoms with Gasteiger partial charge in [0, 0.05) is 11.1 Å². The lowest BCUT2D eigenvalue weighted by atomic mass is 10.1. The van der Waals surface area contributed by atoms with Crippen LogP contribution in [0.15, 0.2) is 40.9 Å². The molecule has 2 aromatic rings. The van der Waals surface area contributed by atoms with Crippen molar-refractivity contribution in [3.8, 4) is 11.5 Å². The molecule has 0 aliphatic rings. The molecule has 0 saturated carbocycles. The van der Waals surface area contributed by atoms with Gasteiger partial charge < -0.3 is 10.5 Å². The highest BCUT2D eigenvalue weighted by Gasteiger charge is 2.08. The molecule has 0 unspecified atom stereocenters. The van der Waals surface area contributed by atoms with Crippen LogP contribution in [0.4, 0.5) is 0 Å². The van der Waals surface area contributed by atoms with Crippen LogP contribution in [0.3, 0.4) is 0 Å². The molecule has 0 radical (unpaired) electrons. The highest BCUT2D eigenvalue weighted by Crippen LogP contribution is 2.34. The molecule has 100 valence electrons. The second-order valence-corrected chi connectivity index (χ2v) is 5.78. The van der Waals surface area contributed by atoms with E-state index in [4.69, 9.17) is 22.1 Å². The number of nitrogens with two attached hydrogens (primary N) is 1. The molecule has 19 heavy (non-hydrogen) atoms. The van der Waals surface area contributed by atoms with E-state index in [0.29, 0.717) is 5.02 Å². The second-order valence-electron chi connectivity index (χ2n) is 4.49. The molecule has 2 nitrogen and oxygen atoms in total. The maximum Gasteiger partial charge on any atom is 0.141 e. The average molecular weight is 341 g/mol. The third kappa shape index (κ3) is 3.50. The molecule has 0 aliphatic carbocycles. The van der Waals surface area contributed by atoms with Crippen molar-refractivity contribution in [1.82, 2.24) is 0 Å². The van der Waals surface area contributed by atoms with E-state index in [1.165, 1.54) is 0 Å². The van der Waals surface area contributed by atoms with Crippen LogP contribution in [0.5, 0.6) is 11.5 Å². The summed E-state index contributed by atoms with van der Waals surface area (Å²) in [6.45, 7) is 3.93. The molecule has 1 atom stereocenters. The molecule has 0 saturated heterocycles. The number of halogens is 2. The Bertz CT molecular complexity index is 599. The zero-order valence-corrected chi connectivity index (χ0v) is 13.1. The van der Waals surface area contributed by atoms with Crippen LogP contribution in [-0.4, -0.2) is 0 Å². The molecule has 0 amide bonds. The minimum atomic E-state index is -0.00161. The second kappa shape index (κ2) is 5.95. The number of ether oxygens (including phenoxy) is 1. The third-order valence-corrected chi connectivity index (χ3v) is 3.71. The average Bonchev–Trinajstić information content (AvgIpc) is 2.36. The molecule has 2 aromatic carbocycles. The standard InChI is InChI=1S/C15H15BrClNO/c1-9-3-5-12(17)8-15(9)19-14-6-4-11(10(2)18)7-13(14)16/h3-8,10H,18H2,1-2H3/t10-/m1/s1. The Morgan fingerprint density at radius 3 is 2.53 bits per heavy atom. The van der Waals surface area contributed by atoms with E-state index < -0.39 is 0 Å². The summed E-state index contributed by atoms with van der Waals surface area (Å²) in [5.74, 6) is 1.50. The fourth-order valence-corrected chi connectivity index (χ4v) is 2.32. The van der Waals surface area contributed by atoms with Gasteiger partial charge in [0.2, 0.25) is 0 Å². The normalized spacial score (nSPS) is 12.3. The van der Waals surface area contributed by atoms with Crippen LogP contribution in [0, 0.1) is 6.92 Å². The van der Waals surface area contributed by atoms with Gasteiger partial charge in [-0.05, 0) is 65.2 Å². The van der Waals surface area contributed by atoms with Crippen molar-refractivity contribution in [1.29, 1.82) is 0 Å². The van der Waals surface area contributed by atoms with E-state index in [1.54, 1.807) is 0 Å². The molecule has 0 fully saturated rings. The third-order valence-electron chi connectivity index (χ3n) is 2.85. The zero-order valence-electron chi connectivity index (χ0n) is 10.8. The van der Waals surface area contributed by atoms with Crippen molar-refractivity contribution in [2.75, 3.05) is 0 Å². The van der Waals surface area contributed by atoms with E-state index in [9.17, 15) is 0 Å². The number of rotatable bonds is 3. The highest BCUT2D eigenvalue weighted by atomic mass is 79.9. The first-order valence-corrected chi connectivity index (χ1v) is 7.13. The minimum Gasteiger partial charge on any atom is -0.456 e. The van der Waals surface area contributed by atoms with Gasteiger partial charge in [-0.15, -0.1) is 0 Å². The van der Waals surface area contributed by atoms with Crippen molar-refractivity contribution >= 4 is 27.5 Å². The molecule has 2 rings (SSSR count). The summed E-state index contributed by atoms with van der Waals surface area (Å²) >= 11 is 9.48. The predicted octanol–water partition coefficient (Wildman–Crippen LogP) is 5.22. The van der Waals surface area contributed by atoms with Gasteiger partial charge in [-0.2, -0.15) is 0 Å². The number of hydrogen-bond acceptors (Lipinski definition) is 2. The van der Waals surface area contributed by atoms with Crippen molar-refractivity contribution in [2.45, 2.75) is 19.9 Å². The predicted molar refractivity (Wildman–Crippen MR) is 83.0 cm³/mol. The van der Waals surface area contributed by atoms with Gasteiger partial charge in [0.15, 0.2) is 0 Å².